The zero-order valence-electron chi connectivity index (χ0n) is 11.4. The molecule has 0 aromatic heterocycles. The van der Waals surface area contributed by atoms with E-state index in [4.69, 9.17) is 10.5 Å². The summed E-state index contributed by atoms with van der Waals surface area (Å²) in [6.45, 7) is 4.27. The second-order valence-corrected chi connectivity index (χ2v) is 5.94. The van der Waals surface area contributed by atoms with Gasteiger partial charge in [-0.3, -0.25) is 4.79 Å². The summed E-state index contributed by atoms with van der Waals surface area (Å²) in [5, 5.41) is 3.10. The number of ether oxygens (including phenoxy) is 1. The lowest BCUT2D eigenvalue weighted by molar-refractivity contribution is -0.125. The van der Waals surface area contributed by atoms with Gasteiger partial charge in [-0.2, -0.15) is 0 Å². The van der Waals surface area contributed by atoms with Crippen LogP contribution in [0.3, 0.4) is 0 Å². The summed E-state index contributed by atoms with van der Waals surface area (Å²) in [4.78, 5) is 11.9. The minimum atomic E-state index is 0.0698. The van der Waals surface area contributed by atoms with E-state index < -0.39 is 0 Å². The van der Waals surface area contributed by atoms with Crippen molar-refractivity contribution in [2.24, 2.45) is 23.5 Å². The molecule has 104 valence electrons. The lowest BCUT2D eigenvalue weighted by Crippen LogP contribution is -2.36. The molecule has 0 aromatic rings. The molecule has 4 heteroatoms. The summed E-state index contributed by atoms with van der Waals surface area (Å²) in [5.74, 6) is 1.61. The maximum absolute atomic E-state index is 11.9. The van der Waals surface area contributed by atoms with Crippen LogP contribution in [-0.4, -0.2) is 31.7 Å². The summed E-state index contributed by atoms with van der Waals surface area (Å²) in [5.41, 5.74) is 5.68. The summed E-state index contributed by atoms with van der Waals surface area (Å²) >= 11 is 0. The molecule has 18 heavy (non-hydrogen) atoms. The van der Waals surface area contributed by atoms with Crippen LogP contribution in [0.4, 0.5) is 0 Å². The van der Waals surface area contributed by atoms with Gasteiger partial charge in [0.05, 0.1) is 18.6 Å². The Morgan fingerprint density at radius 3 is 2.50 bits per heavy atom. The van der Waals surface area contributed by atoms with E-state index in [0.717, 1.165) is 19.5 Å². The lowest BCUT2D eigenvalue weighted by atomic mass is 9.82. The van der Waals surface area contributed by atoms with Gasteiger partial charge < -0.3 is 15.8 Å². The number of carbonyl (C=O) groups excluding carboxylic acids is 1. The van der Waals surface area contributed by atoms with E-state index in [1.807, 2.05) is 6.92 Å². The van der Waals surface area contributed by atoms with Gasteiger partial charge in [0, 0.05) is 6.54 Å². The first kappa shape index (κ1) is 13.8. The fourth-order valence-electron chi connectivity index (χ4n) is 3.06. The molecule has 1 aliphatic heterocycles. The fourth-order valence-corrected chi connectivity index (χ4v) is 3.06. The van der Waals surface area contributed by atoms with Crippen LogP contribution in [0.2, 0.25) is 0 Å². The first-order valence-corrected chi connectivity index (χ1v) is 7.28. The highest BCUT2D eigenvalue weighted by Gasteiger charge is 2.28. The van der Waals surface area contributed by atoms with Crippen LogP contribution in [0.1, 0.15) is 39.0 Å². The molecule has 0 spiro atoms. The molecular formula is C14H26N2O2. The molecule has 2 atom stereocenters. The zero-order chi connectivity index (χ0) is 13.0. The Hall–Kier alpha value is -0.610. The first-order valence-electron chi connectivity index (χ1n) is 7.28. The summed E-state index contributed by atoms with van der Waals surface area (Å²) in [6, 6.07) is 0. The van der Waals surface area contributed by atoms with Gasteiger partial charge in [0.25, 0.3) is 0 Å². The highest BCUT2D eigenvalue weighted by molar-refractivity contribution is 5.79. The number of amides is 1. The van der Waals surface area contributed by atoms with Crippen molar-refractivity contribution >= 4 is 5.91 Å². The normalized spacial score (nSPS) is 36.6. The van der Waals surface area contributed by atoms with Crippen molar-refractivity contribution in [1.82, 2.24) is 5.32 Å². The average molecular weight is 254 g/mol. The quantitative estimate of drug-likeness (QED) is 0.794. The van der Waals surface area contributed by atoms with Crippen molar-refractivity contribution in [3.63, 3.8) is 0 Å². The number of hydrogen-bond donors (Lipinski definition) is 2. The minimum absolute atomic E-state index is 0.0698. The zero-order valence-corrected chi connectivity index (χ0v) is 11.4. The second kappa shape index (κ2) is 6.53. The Kier molecular flexibility index (Phi) is 5.01. The summed E-state index contributed by atoms with van der Waals surface area (Å²) < 4.78 is 5.43. The highest BCUT2D eigenvalue weighted by atomic mass is 16.5. The molecule has 4 nitrogen and oxygen atoms in total. The Morgan fingerprint density at radius 1 is 1.28 bits per heavy atom. The van der Waals surface area contributed by atoms with Crippen molar-refractivity contribution in [3.05, 3.63) is 0 Å². The minimum Gasteiger partial charge on any atom is -0.378 e. The molecule has 2 fully saturated rings. The van der Waals surface area contributed by atoms with Crippen molar-refractivity contribution in [2.45, 2.75) is 45.1 Å². The monoisotopic (exact) mass is 254 g/mol. The number of hydrogen-bond acceptors (Lipinski definition) is 3. The van der Waals surface area contributed by atoms with E-state index in [0.29, 0.717) is 18.4 Å². The van der Waals surface area contributed by atoms with Gasteiger partial charge in [-0.25, -0.2) is 0 Å². The van der Waals surface area contributed by atoms with Gasteiger partial charge in [0.2, 0.25) is 5.91 Å². The molecule has 2 rings (SSSR count). The third-order valence-electron chi connectivity index (χ3n) is 4.43. The van der Waals surface area contributed by atoms with Crippen LogP contribution in [0.5, 0.6) is 0 Å². The molecule has 1 saturated heterocycles. The van der Waals surface area contributed by atoms with Crippen LogP contribution in [-0.2, 0) is 9.53 Å². The number of carbonyl (C=O) groups is 1. The smallest absolute Gasteiger partial charge is 0.225 e. The van der Waals surface area contributed by atoms with E-state index in [2.05, 4.69) is 5.32 Å². The molecular weight excluding hydrogens is 228 g/mol. The molecule has 0 bridgehead atoms. The molecule has 0 radical (unpaired) electrons. The predicted molar refractivity (Wildman–Crippen MR) is 71.0 cm³/mol. The molecule has 2 aliphatic rings. The van der Waals surface area contributed by atoms with E-state index in [-0.39, 0.29) is 17.9 Å². The third-order valence-corrected chi connectivity index (χ3v) is 4.43. The van der Waals surface area contributed by atoms with E-state index in [1.54, 1.807) is 0 Å². The van der Waals surface area contributed by atoms with Crippen molar-refractivity contribution in [1.29, 1.82) is 0 Å². The fraction of sp³-hybridized carbons (Fsp3) is 0.929. The summed E-state index contributed by atoms with van der Waals surface area (Å²) in [6.07, 6.45) is 5.97. The predicted octanol–water partition coefficient (Wildman–Crippen LogP) is 1.29. The molecule has 1 saturated carbocycles. The van der Waals surface area contributed by atoms with Crippen LogP contribution in [0.25, 0.3) is 0 Å². The second-order valence-electron chi connectivity index (χ2n) is 5.94. The SMILES string of the molecule is CC1CC(C(=O)NCC2CCC(CN)CC2)CO1. The molecule has 1 amide bonds. The number of nitrogens with one attached hydrogen (secondary N) is 1. The molecule has 2 unspecified atom stereocenters. The molecule has 1 aliphatic carbocycles. The van der Waals surface area contributed by atoms with Crippen molar-refractivity contribution in [3.8, 4) is 0 Å². The van der Waals surface area contributed by atoms with Crippen molar-refractivity contribution < 1.29 is 9.53 Å². The van der Waals surface area contributed by atoms with Gasteiger partial charge in [-0.15, -0.1) is 0 Å². The Bertz CT molecular complexity index is 275. The first-order chi connectivity index (χ1) is 8.69. The van der Waals surface area contributed by atoms with Gasteiger partial charge in [0.1, 0.15) is 0 Å². The van der Waals surface area contributed by atoms with Gasteiger partial charge in [-0.1, -0.05) is 0 Å². The van der Waals surface area contributed by atoms with Gasteiger partial charge >= 0.3 is 0 Å². The maximum atomic E-state index is 11.9. The van der Waals surface area contributed by atoms with Crippen molar-refractivity contribution in [2.75, 3.05) is 19.7 Å². The van der Waals surface area contributed by atoms with Gasteiger partial charge in [-0.05, 0) is 57.4 Å². The number of rotatable bonds is 4. The largest absolute Gasteiger partial charge is 0.378 e. The molecule has 1 heterocycles. The molecule has 0 aromatic carbocycles. The van der Waals surface area contributed by atoms with E-state index in [1.165, 1.54) is 25.7 Å². The standard InChI is InChI=1S/C14H26N2O2/c1-10-6-13(9-18-10)14(17)16-8-12-4-2-11(7-15)3-5-12/h10-13H,2-9,15H2,1H3,(H,16,17). The third kappa shape index (κ3) is 3.69. The Labute approximate surface area is 110 Å². The lowest BCUT2D eigenvalue weighted by Gasteiger charge is -2.28. The van der Waals surface area contributed by atoms with E-state index >= 15 is 0 Å². The van der Waals surface area contributed by atoms with Crippen LogP contribution >= 0.6 is 0 Å². The number of nitrogens with two attached hydrogens (primary N) is 1. The Morgan fingerprint density at radius 2 is 1.94 bits per heavy atom. The highest BCUT2D eigenvalue weighted by Crippen LogP contribution is 2.27. The molecule has 3 N–H and O–H groups in total. The van der Waals surface area contributed by atoms with Gasteiger partial charge in [0.15, 0.2) is 0 Å². The maximum Gasteiger partial charge on any atom is 0.225 e. The van der Waals surface area contributed by atoms with E-state index in [9.17, 15) is 4.79 Å². The Balaban J connectivity index is 1.64. The average Bonchev–Trinajstić information content (AvgIpc) is 2.83. The van der Waals surface area contributed by atoms with Crippen LogP contribution < -0.4 is 11.1 Å². The van der Waals surface area contributed by atoms with Crippen LogP contribution in [0.15, 0.2) is 0 Å². The summed E-state index contributed by atoms with van der Waals surface area (Å²) in [7, 11) is 0. The van der Waals surface area contributed by atoms with Crippen LogP contribution in [0, 0.1) is 17.8 Å². The topological polar surface area (TPSA) is 64.4 Å².